The first-order chi connectivity index (χ1) is 9.67. The Balaban J connectivity index is 1.82. The number of nitrogens with zero attached hydrogens (tertiary/aromatic N) is 2. The summed E-state index contributed by atoms with van der Waals surface area (Å²) in [4.78, 5) is 29.9. The number of amides is 2. The molecule has 7 nitrogen and oxygen atoms in total. The van der Waals surface area contributed by atoms with Gasteiger partial charge >= 0.3 is 6.09 Å². The number of rotatable bonds is 3. The summed E-state index contributed by atoms with van der Waals surface area (Å²) in [5.41, 5.74) is 5.47. The smallest absolute Gasteiger partial charge is 0.415 e. The van der Waals surface area contributed by atoms with Crippen molar-refractivity contribution in [3.05, 3.63) is 12.1 Å². The summed E-state index contributed by atoms with van der Waals surface area (Å²) in [5.74, 6) is 1.28. The van der Waals surface area contributed by atoms with E-state index in [0.717, 1.165) is 4.90 Å². The van der Waals surface area contributed by atoms with Gasteiger partial charge in [0.05, 0.1) is 17.2 Å². The minimum Gasteiger partial charge on any atom is -0.444 e. The third-order valence-electron chi connectivity index (χ3n) is 3.10. The average molecular weight is 294 g/mol. The topological polar surface area (TPSA) is 97.5 Å². The van der Waals surface area contributed by atoms with E-state index >= 15 is 0 Å². The van der Waals surface area contributed by atoms with Crippen LogP contribution in [0.4, 0.5) is 16.4 Å². The number of nitrogens with one attached hydrogen (secondary N) is 1. The van der Waals surface area contributed by atoms with Gasteiger partial charge in [0, 0.05) is 0 Å². The van der Waals surface area contributed by atoms with Crippen molar-refractivity contribution < 1.29 is 14.3 Å². The molecular weight excluding hydrogens is 280 g/mol. The van der Waals surface area contributed by atoms with Crippen LogP contribution in [0.1, 0.15) is 6.42 Å². The number of aromatic nitrogens is 1. The van der Waals surface area contributed by atoms with Crippen LogP contribution in [0.2, 0.25) is 0 Å². The third-order valence-corrected chi connectivity index (χ3v) is 4.15. The van der Waals surface area contributed by atoms with E-state index in [9.17, 15) is 9.59 Å². The number of cyclic esters (lactones) is 1. The lowest BCUT2D eigenvalue weighted by molar-refractivity contribution is -0.113. The van der Waals surface area contributed by atoms with Crippen molar-refractivity contribution in [2.75, 3.05) is 29.1 Å². The molecule has 3 N–H and O–H groups in total. The number of carbonyl (C=O) groups excluding carboxylic acids is 2. The van der Waals surface area contributed by atoms with Gasteiger partial charge in [0.1, 0.15) is 17.7 Å². The fraction of sp³-hybridized carbons (Fsp3) is 0.417. The van der Waals surface area contributed by atoms with Gasteiger partial charge in [-0.1, -0.05) is 0 Å². The molecule has 1 aromatic rings. The standard InChI is InChI=1S/C12H14N4O3S/c13-4-3-7-5-16(12(18)19-7)9-2-1-8-11(14-9)15-10(17)6-20-8/h1-2,7H,3-6,13H2,(H,14,15,17)/t7-/m0/s1. The first kappa shape index (κ1) is 13.2. The summed E-state index contributed by atoms with van der Waals surface area (Å²) in [6, 6.07) is 3.61. The van der Waals surface area contributed by atoms with Gasteiger partial charge < -0.3 is 15.8 Å². The molecule has 0 radical (unpaired) electrons. The van der Waals surface area contributed by atoms with Crippen LogP contribution < -0.4 is 16.0 Å². The molecule has 1 saturated heterocycles. The normalized spacial score (nSPS) is 21.4. The number of nitrogens with two attached hydrogens (primary N) is 1. The number of pyridine rings is 1. The summed E-state index contributed by atoms with van der Waals surface area (Å²) >= 11 is 1.43. The van der Waals surface area contributed by atoms with E-state index in [-0.39, 0.29) is 12.0 Å². The second-order valence-electron chi connectivity index (χ2n) is 4.55. The molecule has 0 unspecified atom stereocenters. The van der Waals surface area contributed by atoms with Gasteiger partial charge in [0.25, 0.3) is 0 Å². The van der Waals surface area contributed by atoms with Crippen molar-refractivity contribution in [2.45, 2.75) is 17.4 Å². The Hall–Kier alpha value is -1.80. The molecule has 3 heterocycles. The predicted octanol–water partition coefficient (Wildman–Crippen LogP) is 0.800. The Kier molecular flexibility index (Phi) is 3.49. The first-order valence-electron chi connectivity index (χ1n) is 6.29. The molecule has 1 fully saturated rings. The molecule has 2 aliphatic heterocycles. The highest BCUT2D eigenvalue weighted by Crippen LogP contribution is 2.32. The van der Waals surface area contributed by atoms with Crippen LogP contribution in [0.15, 0.2) is 17.0 Å². The zero-order valence-corrected chi connectivity index (χ0v) is 11.5. The number of fused-ring (bicyclic) bond motifs is 1. The molecule has 1 atom stereocenters. The number of anilines is 2. The molecule has 20 heavy (non-hydrogen) atoms. The number of hydrogen-bond acceptors (Lipinski definition) is 6. The molecule has 8 heteroatoms. The molecule has 1 aromatic heterocycles. The number of ether oxygens (including phenoxy) is 1. The van der Waals surface area contributed by atoms with Crippen LogP contribution in [0.5, 0.6) is 0 Å². The number of carbonyl (C=O) groups is 2. The Labute approximate surface area is 119 Å². The summed E-state index contributed by atoms with van der Waals surface area (Å²) in [5, 5.41) is 2.71. The van der Waals surface area contributed by atoms with Gasteiger partial charge in [-0.2, -0.15) is 0 Å². The Morgan fingerprint density at radius 2 is 2.35 bits per heavy atom. The Morgan fingerprint density at radius 3 is 3.15 bits per heavy atom. The van der Waals surface area contributed by atoms with Crippen LogP contribution in [-0.2, 0) is 9.53 Å². The lowest BCUT2D eigenvalue weighted by atomic mass is 10.2. The molecule has 0 aliphatic carbocycles. The van der Waals surface area contributed by atoms with E-state index < -0.39 is 6.09 Å². The maximum Gasteiger partial charge on any atom is 0.415 e. The molecule has 3 rings (SSSR count). The van der Waals surface area contributed by atoms with Gasteiger partial charge in [-0.15, -0.1) is 11.8 Å². The molecular formula is C12H14N4O3S. The molecule has 0 spiro atoms. The SMILES string of the molecule is NCC[C@H]1CN(c2ccc3c(n2)NC(=O)CS3)C(=O)O1. The average Bonchev–Trinajstić information content (AvgIpc) is 2.79. The Morgan fingerprint density at radius 1 is 1.50 bits per heavy atom. The van der Waals surface area contributed by atoms with Crippen molar-refractivity contribution in [1.82, 2.24) is 4.98 Å². The minimum absolute atomic E-state index is 0.0860. The van der Waals surface area contributed by atoms with Crippen LogP contribution in [0.3, 0.4) is 0 Å². The summed E-state index contributed by atoms with van der Waals surface area (Å²) in [6.07, 6.45) is -0.000241. The maximum atomic E-state index is 11.8. The van der Waals surface area contributed by atoms with Crippen LogP contribution >= 0.6 is 11.8 Å². The fourth-order valence-electron chi connectivity index (χ4n) is 2.15. The van der Waals surface area contributed by atoms with Crippen LogP contribution in [0.25, 0.3) is 0 Å². The van der Waals surface area contributed by atoms with Gasteiger partial charge in [-0.05, 0) is 25.1 Å². The molecule has 2 amide bonds. The fourth-order valence-corrected chi connectivity index (χ4v) is 2.91. The molecule has 0 bridgehead atoms. The van der Waals surface area contributed by atoms with Crippen molar-refractivity contribution in [2.24, 2.45) is 5.73 Å². The van der Waals surface area contributed by atoms with E-state index in [0.29, 0.717) is 36.9 Å². The molecule has 0 aromatic carbocycles. The second-order valence-corrected chi connectivity index (χ2v) is 5.56. The highest BCUT2D eigenvalue weighted by Gasteiger charge is 2.33. The zero-order valence-electron chi connectivity index (χ0n) is 10.7. The minimum atomic E-state index is -0.425. The third kappa shape index (κ3) is 2.44. The second kappa shape index (κ2) is 5.29. The van der Waals surface area contributed by atoms with E-state index in [2.05, 4.69) is 10.3 Å². The van der Waals surface area contributed by atoms with Crippen LogP contribution in [-0.4, -0.2) is 41.9 Å². The summed E-state index contributed by atoms with van der Waals surface area (Å²) < 4.78 is 5.21. The highest BCUT2D eigenvalue weighted by atomic mass is 32.2. The van der Waals surface area contributed by atoms with Crippen LogP contribution in [0, 0.1) is 0 Å². The summed E-state index contributed by atoms with van der Waals surface area (Å²) in [7, 11) is 0. The maximum absolute atomic E-state index is 11.8. The quantitative estimate of drug-likeness (QED) is 0.855. The van der Waals surface area contributed by atoms with Crippen molar-refractivity contribution in [3.8, 4) is 0 Å². The summed E-state index contributed by atoms with van der Waals surface area (Å²) in [6.45, 7) is 0.902. The lowest BCUT2D eigenvalue weighted by Gasteiger charge is -2.18. The number of thioether (sulfide) groups is 1. The van der Waals surface area contributed by atoms with Crippen molar-refractivity contribution in [3.63, 3.8) is 0 Å². The van der Waals surface area contributed by atoms with Gasteiger partial charge in [0.2, 0.25) is 5.91 Å². The monoisotopic (exact) mass is 294 g/mol. The largest absolute Gasteiger partial charge is 0.444 e. The number of hydrogen-bond donors (Lipinski definition) is 2. The Bertz CT molecular complexity index is 566. The predicted molar refractivity (Wildman–Crippen MR) is 74.9 cm³/mol. The van der Waals surface area contributed by atoms with Gasteiger partial charge in [-0.3, -0.25) is 9.69 Å². The highest BCUT2D eigenvalue weighted by molar-refractivity contribution is 8.00. The zero-order chi connectivity index (χ0) is 14.1. The molecule has 0 saturated carbocycles. The van der Waals surface area contributed by atoms with Crippen molar-refractivity contribution >= 4 is 35.4 Å². The van der Waals surface area contributed by atoms with Gasteiger partial charge in [-0.25, -0.2) is 9.78 Å². The molecule has 106 valence electrons. The van der Waals surface area contributed by atoms with Crippen molar-refractivity contribution in [1.29, 1.82) is 0 Å². The lowest BCUT2D eigenvalue weighted by Crippen LogP contribution is -2.27. The van der Waals surface area contributed by atoms with E-state index in [1.807, 2.05) is 6.07 Å². The van der Waals surface area contributed by atoms with Gasteiger partial charge in [0.15, 0.2) is 0 Å². The van der Waals surface area contributed by atoms with E-state index in [1.54, 1.807) is 6.07 Å². The van der Waals surface area contributed by atoms with E-state index in [1.165, 1.54) is 16.7 Å². The van der Waals surface area contributed by atoms with E-state index in [4.69, 9.17) is 10.5 Å². The molecule has 2 aliphatic rings. The first-order valence-corrected chi connectivity index (χ1v) is 7.28.